The van der Waals surface area contributed by atoms with Gasteiger partial charge in [-0.25, -0.2) is 18.5 Å². The molecular weight excluding hydrogens is 277 g/mol. The molecule has 0 bridgehead atoms. The van der Waals surface area contributed by atoms with E-state index in [0.29, 0.717) is 6.20 Å². The van der Waals surface area contributed by atoms with Gasteiger partial charge in [-0.05, 0) is 0 Å². The number of aromatic nitrogens is 1. The van der Waals surface area contributed by atoms with Gasteiger partial charge in [0, 0.05) is 0 Å². The number of ether oxygens (including phenoxy) is 1. The zero-order chi connectivity index (χ0) is 14.1. The maximum Gasteiger partial charge on any atom is 0.574 e. The van der Waals surface area contributed by atoms with Crippen molar-refractivity contribution < 1.29 is 26.3 Å². The van der Waals surface area contributed by atoms with Crippen LogP contribution in [0.4, 0.5) is 18.9 Å². The number of primary sulfonamides is 1. The molecule has 1 rings (SSSR count). The number of alkyl halides is 3. The number of sulfonamides is 1. The molecule has 0 atom stereocenters. The zero-order valence-corrected chi connectivity index (χ0v) is 9.21. The first-order chi connectivity index (χ1) is 8.06. The molecule has 1 aromatic rings. The van der Waals surface area contributed by atoms with Gasteiger partial charge in [-0.3, -0.25) is 0 Å². The number of rotatable bonds is 2. The highest BCUT2D eigenvalue weighted by molar-refractivity contribution is 7.89. The van der Waals surface area contributed by atoms with Gasteiger partial charge in [0.2, 0.25) is 15.9 Å². The van der Waals surface area contributed by atoms with Crippen LogP contribution in [0.15, 0.2) is 11.1 Å². The van der Waals surface area contributed by atoms with Crippen LogP contribution in [-0.4, -0.2) is 19.8 Å². The summed E-state index contributed by atoms with van der Waals surface area (Å²) in [6.45, 7) is 0. The maximum atomic E-state index is 12.0. The smallest absolute Gasteiger partial charge is 0.396 e. The van der Waals surface area contributed by atoms with Crippen molar-refractivity contribution in [1.29, 1.82) is 5.26 Å². The quantitative estimate of drug-likeness (QED) is 0.789. The second kappa shape index (κ2) is 4.31. The molecular formula is C7H5F3N4O3S. The van der Waals surface area contributed by atoms with E-state index in [2.05, 4.69) is 9.72 Å². The number of nitrogen functional groups attached to an aromatic ring is 1. The lowest BCUT2D eigenvalue weighted by atomic mass is 10.2. The van der Waals surface area contributed by atoms with Crippen LogP contribution in [0.25, 0.3) is 0 Å². The van der Waals surface area contributed by atoms with E-state index in [9.17, 15) is 21.6 Å². The fourth-order valence-electron chi connectivity index (χ4n) is 1.08. The van der Waals surface area contributed by atoms with Crippen LogP contribution in [0.5, 0.6) is 5.88 Å². The first-order valence-electron chi connectivity index (χ1n) is 4.03. The number of hydrogen-bond donors (Lipinski definition) is 2. The van der Waals surface area contributed by atoms with E-state index in [-0.39, 0.29) is 0 Å². The van der Waals surface area contributed by atoms with E-state index in [1.807, 2.05) is 0 Å². The van der Waals surface area contributed by atoms with Crippen molar-refractivity contribution in [3.63, 3.8) is 0 Å². The van der Waals surface area contributed by atoms with Gasteiger partial charge in [0.25, 0.3) is 0 Å². The molecule has 1 heterocycles. The Labute approximate surface area is 98.8 Å². The Morgan fingerprint density at radius 1 is 1.44 bits per heavy atom. The summed E-state index contributed by atoms with van der Waals surface area (Å²) >= 11 is 0. The second-order valence-corrected chi connectivity index (χ2v) is 4.43. The van der Waals surface area contributed by atoms with E-state index in [1.165, 1.54) is 6.07 Å². The fraction of sp³-hybridized carbons (Fsp3) is 0.143. The molecule has 1 aromatic heterocycles. The number of nitrogens with two attached hydrogens (primary N) is 2. The minimum Gasteiger partial charge on any atom is -0.396 e. The Bertz CT molecular complexity index is 620. The molecule has 0 saturated carbocycles. The average Bonchev–Trinajstić information content (AvgIpc) is 2.16. The summed E-state index contributed by atoms with van der Waals surface area (Å²) in [6.07, 6.45) is -4.54. The normalized spacial score (nSPS) is 11.9. The predicted molar refractivity (Wildman–Crippen MR) is 51.4 cm³/mol. The first-order valence-corrected chi connectivity index (χ1v) is 5.58. The average molecular weight is 282 g/mol. The number of pyridine rings is 1. The van der Waals surface area contributed by atoms with Gasteiger partial charge in [-0.15, -0.1) is 13.2 Å². The summed E-state index contributed by atoms with van der Waals surface area (Å²) < 4.78 is 61.7. The predicted octanol–water partition coefficient (Wildman–Crippen LogP) is 0.0815. The van der Waals surface area contributed by atoms with Crippen LogP contribution in [0.2, 0.25) is 0 Å². The third-order valence-electron chi connectivity index (χ3n) is 1.63. The molecule has 0 aliphatic rings. The molecule has 7 nitrogen and oxygen atoms in total. The molecule has 0 aliphatic carbocycles. The molecule has 0 amide bonds. The second-order valence-electron chi connectivity index (χ2n) is 2.93. The largest absolute Gasteiger partial charge is 0.574 e. The van der Waals surface area contributed by atoms with Gasteiger partial charge in [-0.1, -0.05) is 0 Å². The van der Waals surface area contributed by atoms with Crippen LogP contribution in [-0.2, 0) is 10.0 Å². The van der Waals surface area contributed by atoms with Gasteiger partial charge in [0.1, 0.15) is 16.5 Å². The van der Waals surface area contributed by atoms with Crippen molar-refractivity contribution in [2.45, 2.75) is 11.3 Å². The number of hydrogen-bond acceptors (Lipinski definition) is 6. The number of halogens is 3. The van der Waals surface area contributed by atoms with Gasteiger partial charge in [0.15, 0.2) is 0 Å². The molecule has 0 radical (unpaired) electrons. The summed E-state index contributed by atoms with van der Waals surface area (Å²) in [5.41, 5.74) is 3.65. The molecule has 98 valence electrons. The fourth-order valence-corrected chi connectivity index (χ4v) is 1.88. The first kappa shape index (κ1) is 14.0. The Hall–Kier alpha value is -2.06. The SMILES string of the molecule is N#Cc1c(OC(F)(F)F)ncc(N)c1S(N)(=O)=O. The number of nitriles is 1. The van der Waals surface area contributed by atoms with Crippen LogP contribution < -0.4 is 15.6 Å². The van der Waals surface area contributed by atoms with E-state index in [1.54, 1.807) is 0 Å². The molecule has 0 fully saturated rings. The Morgan fingerprint density at radius 2 is 2.00 bits per heavy atom. The third-order valence-corrected chi connectivity index (χ3v) is 2.64. The van der Waals surface area contributed by atoms with E-state index < -0.39 is 38.4 Å². The third kappa shape index (κ3) is 2.99. The lowest BCUT2D eigenvalue weighted by molar-refractivity contribution is -0.276. The molecule has 11 heteroatoms. The molecule has 0 unspecified atom stereocenters. The van der Waals surface area contributed by atoms with E-state index in [0.717, 1.165) is 0 Å². The Kier molecular flexibility index (Phi) is 3.36. The van der Waals surface area contributed by atoms with Crippen molar-refractivity contribution in [1.82, 2.24) is 4.98 Å². The molecule has 0 aromatic carbocycles. The highest BCUT2D eigenvalue weighted by Gasteiger charge is 2.35. The van der Waals surface area contributed by atoms with Gasteiger partial charge >= 0.3 is 6.36 Å². The highest BCUT2D eigenvalue weighted by Crippen LogP contribution is 2.30. The minimum absolute atomic E-state index is 0.552. The monoisotopic (exact) mass is 282 g/mol. The zero-order valence-electron chi connectivity index (χ0n) is 8.39. The van der Waals surface area contributed by atoms with Crippen molar-refractivity contribution in [3.8, 4) is 11.9 Å². The van der Waals surface area contributed by atoms with Crippen molar-refractivity contribution >= 4 is 15.7 Å². The molecule has 18 heavy (non-hydrogen) atoms. The van der Waals surface area contributed by atoms with Gasteiger partial charge in [-0.2, -0.15) is 5.26 Å². The maximum absolute atomic E-state index is 12.0. The standard InChI is InChI=1S/C7H5F3N4O3S/c8-7(9,10)17-6-3(1-11)5(18(13,15)16)4(12)2-14-6/h2H,12H2,(H2,13,15,16). The van der Waals surface area contributed by atoms with Crippen molar-refractivity contribution in [2.24, 2.45) is 5.14 Å². The molecule has 0 spiro atoms. The summed E-state index contributed by atoms with van der Waals surface area (Å²) in [5, 5.41) is 13.4. The van der Waals surface area contributed by atoms with Crippen LogP contribution in [0.3, 0.4) is 0 Å². The Morgan fingerprint density at radius 3 is 2.39 bits per heavy atom. The van der Waals surface area contributed by atoms with Crippen molar-refractivity contribution in [2.75, 3.05) is 5.73 Å². The van der Waals surface area contributed by atoms with Crippen LogP contribution >= 0.6 is 0 Å². The highest BCUT2D eigenvalue weighted by atomic mass is 32.2. The summed E-state index contributed by atoms with van der Waals surface area (Å²) in [5.74, 6) is -1.23. The molecule has 4 N–H and O–H groups in total. The van der Waals surface area contributed by atoms with E-state index >= 15 is 0 Å². The van der Waals surface area contributed by atoms with Crippen molar-refractivity contribution in [3.05, 3.63) is 11.8 Å². The van der Waals surface area contributed by atoms with Crippen LogP contribution in [0, 0.1) is 11.3 Å². The number of anilines is 1. The van der Waals surface area contributed by atoms with Gasteiger partial charge in [0.05, 0.1) is 11.9 Å². The Balaban J connectivity index is 3.56. The summed E-state index contributed by atoms with van der Waals surface area (Å²) in [7, 11) is -4.49. The minimum atomic E-state index is -5.13. The lowest BCUT2D eigenvalue weighted by Gasteiger charge is -2.12. The van der Waals surface area contributed by atoms with Gasteiger partial charge < -0.3 is 10.5 Å². The summed E-state index contributed by atoms with van der Waals surface area (Å²) in [6, 6.07) is 1.21. The molecule has 0 saturated heterocycles. The van der Waals surface area contributed by atoms with Crippen LogP contribution in [0.1, 0.15) is 5.56 Å². The summed E-state index contributed by atoms with van der Waals surface area (Å²) in [4.78, 5) is 2.14. The number of nitrogens with zero attached hydrogens (tertiary/aromatic N) is 2. The molecule has 0 aliphatic heterocycles. The van der Waals surface area contributed by atoms with E-state index in [4.69, 9.17) is 16.1 Å². The topological polar surface area (TPSA) is 132 Å². The lowest BCUT2D eigenvalue weighted by Crippen LogP contribution is -2.21.